The molecule has 0 aromatic carbocycles. The molecule has 3 heteroatoms. The second-order valence-corrected chi connectivity index (χ2v) is 3.93. The van der Waals surface area contributed by atoms with Crippen LogP contribution in [0.2, 0.25) is 0 Å². The smallest absolute Gasteiger partial charge is 0.220 e. The molecule has 0 aromatic rings. The molecule has 0 spiro atoms. The van der Waals surface area contributed by atoms with Crippen LogP contribution in [0.1, 0.15) is 51.9 Å². The Kier molecular flexibility index (Phi) is 11.6. The van der Waals surface area contributed by atoms with E-state index in [9.17, 15) is 4.79 Å². The van der Waals surface area contributed by atoms with Crippen LogP contribution >= 0.6 is 0 Å². The van der Waals surface area contributed by atoms with E-state index in [-0.39, 0.29) is 12.5 Å². The van der Waals surface area contributed by atoms with Gasteiger partial charge in [0, 0.05) is 13.0 Å². The van der Waals surface area contributed by atoms with Crippen LogP contribution in [0.4, 0.5) is 0 Å². The van der Waals surface area contributed by atoms with Gasteiger partial charge in [-0.25, -0.2) is 0 Å². The normalized spacial score (nSPS) is 10.9. The molecule has 0 saturated carbocycles. The predicted molar refractivity (Wildman–Crippen MR) is 67.2 cm³/mol. The zero-order valence-corrected chi connectivity index (χ0v) is 10.4. The van der Waals surface area contributed by atoms with E-state index >= 15 is 0 Å². The van der Waals surface area contributed by atoms with Gasteiger partial charge in [0.1, 0.15) is 0 Å². The van der Waals surface area contributed by atoms with Gasteiger partial charge in [0.15, 0.2) is 0 Å². The molecule has 2 N–H and O–H groups in total. The number of amides is 1. The molecule has 0 fully saturated rings. The summed E-state index contributed by atoms with van der Waals surface area (Å²) in [5.74, 6) is 0.0454. The van der Waals surface area contributed by atoms with E-state index in [1.807, 2.05) is 0 Å². The first-order valence-electron chi connectivity index (χ1n) is 6.33. The van der Waals surface area contributed by atoms with Gasteiger partial charge in [0.05, 0.1) is 6.61 Å². The Hall–Kier alpha value is -0.830. The molecule has 0 saturated heterocycles. The van der Waals surface area contributed by atoms with Crippen LogP contribution < -0.4 is 5.32 Å². The maximum Gasteiger partial charge on any atom is 0.220 e. The number of hydrogen-bond donors (Lipinski definition) is 2. The van der Waals surface area contributed by atoms with Crippen molar-refractivity contribution < 1.29 is 9.90 Å². The number of allylic oxidation sites excluding steroid dienone is 2. The van der Waals surface area contributed by atoms with Crippen molar-refractivity contribution in [3.05, 3.63) is 12.2 Å². The molecule has 1 amide bonds. The van der Waals surface area contributed by atoms with E-state index in [0.29, 0.717) is 13.0 Å². The van der Waals surface area contributed by atoms with Gasteiger partial charge in [0.2, 0.25) is 5.91 Å². The minimum absolute atomic E-state index is 0.0197. The number of aliphatic hydroxyl groups excluding tert-OH is 1. The summed E-state index contributed by atoms with van der Waals surface area (Å²) in [7, 11) is 0. The summed E-state index contributed by atoms with van der Waals surface area (Å²) in [5, 5.41) is 11.1. The quantitative estimate of drug-likeness (QED) is 0.445. The van der Waals surface area contributed by atoms with E-state index in [1.54, 1.807) is 0 Å². The Bertz CT molecular complexity index is 190. The average molecular weight is 227 g/mol. The standard InChI is InChI=1S/C13H25NO2/c1-2-3-4-5-6-7-8-9-10-13(16)14-11-12-15/h5-6,15H,2-4,7-12H2,1H3,(H,14,16)/b6-5+. The van der Waals surface area contributed by atoms with Crippen molar-refractivity contribution in [2.45, 2.75) is 51.9 Å². The molecule has 0 aliphatic carbocycles. The van der Waals surface area contributed by atoms with Crippen LogP contribution in [0.15, 0.2) is 12.2 Å². The van der Waals surface area contributed by atoms with Crippen molar-refractivity contribution in [1.29, 1.82) is 0 Å². The first-order chi connectivity index (χ1) is 7.81. The van der Waals surface area contributed by atoms with Gasteiger partial charge >= 0.3 is 0 Å². The third-order valence-electron chi connectivity index (χ3n) is 2.35. The second-order valence-electron chi connectivity index (χ2n) is 3.93. The lowest BCUT2D eigenvalue weighted by Gasteiger charge is -2.01. The molecule has 3 nitrogen and oxygen atoms in total. The molecule has 0 rings (SSSR count). The Labute approximate surface area is 98.9 Å². The second kappa shape index (κ2) is 12.2. The summed E-state index contributed by atoms with van der Waals surface area (Å²) < 4.78 is 0. The van der Waals surface area contributed by atoms with Crippen LogP contribution in [-0.2, 0) is 4.79 Å². The summed E-state index contributed by atoms with van der Waals surface area (Å²) in [6.07, 6.45) is 11.8. The number of carbonyl (C=O) groups excluding carboxylic acids is 1. The Morgan fingerprint density at radius 1 is 1.19 bits per heavy atom. The highest BCUT2D eigenvalue weighted by molar-refractivity contribution is 5.75. The van der Waals surface area contributed by atoms with Crippen LogP contribution in [-0.4, -0.2) is 24.2 Å². The Morgan fingerprint density at radius 3 is 2.50 bits per heavy atom. The fourth-order valence-corrected chi connectivity index (χ4v) is 1.39. The molecule has 0 unspecified atom stereocenters. The lowest BCUT2D eigenvalue weighted by atomic mass is 10.1. The lowest BCUT2D eigenvalue weighted by molar-refractivity contribution is -0.121. The first kappa shape index (κ1) is 15.2. The van der Waals surface area contributed by atoms with Crippen LogP contribution in [0, 0.1) is 0 Å². The molecule has 0 aliphatic rings. The summed E-state index contributed by atoms with van der Waals surface area (Å²) in [5.41, 5.74) is 0. The number of hydrogen-bond acceptors (Lipinski definition) is 2. The minimum atomic E-state index is 0.0197. The zero-order chi connectivity index (χ0) is 12.1. The number of rotatable bonds is 10. The van der Waals surface area contributed by atoms with Crippen molar-refractivity contribution in [2.24, 2.45) is 0 Å². The number of aliphatic hydroxyl groups is 1. The van der Waals surface area contributed by atoms with Gasteiger partial charge in [-0.2, -0.15) is 0 Å². The van der Waals surface area contributed by atoms with Gasteiger partial charge in [-0.05, 0) is 25.7 Å². The first-order valence-corrected chi connectivity index (χ1v) is 6.33. The van der Waals surface area contributed by atoms with E-state index in [2.05, 4.69) is 24.4 Å². The number of unbranched alkanes of at least 4 members (excludes halogenated alkanes) is 4. The van der Waals surface area contributed by atoms with Gasteiger partial charge in [-0.3, -0.25) is 4.79 Å². The molecule has 0 atom stereocenters. The van der Waals surface area contributed by atoms with E-state index in [0.717, 1.165) is 19.3 Å². The maximum atomic E-state index is 11.1. The largest absolute Gasteiger partial charge is 0.395 e. The van der Waals surface area contributed by atoms with Crippen molar-refractivity contribution in [1.82, 2.24) is 5.32 Å². The zero-order valence-electron chi connectivity index (χ0n) is 10.4. The summed E-state index contributed by atoms with van der Waals surface area (Å²) in [6.45, 7) is 2.58. The highest BCUT2D eigenvalue weighted by atomic mass is 16.3. The molecular formula is C13H25NO2. The SMILES string of the molecule is CCCC/C=C/CCCCC(=O)NCCO. The van der Waals surface area contributed by atoms with Gasteiger partial charge in [-0.1, -0.05) is 31.9 Å². The highest BCUT2D eigenvalue weighted by Gasteiger charge is 1.98. The molecule has 0 heterocycles. The van der Waals surface area contributed by atoms with Gasteiger partial charge < -0.3 is 10.4 Å². The fraction of sp³-hybridized carbons (Fsp3) is 0.769. The van der Waals surface area contributed by atoms with E-state index in [4.69, 9.17) is 5.11 Å². The van der Waals surface area contributed by atoms with Crippen LogP contribution in [0.25, 0.3) is 0 Å². The third kappa shape index (κ3) is 11.2. The number of carbonyl (C=O) groups is 1. The average Bonchev–Trinajstić information content (AvgIpc) is 2.30. The highest BCUT2D eigenvalue weighted by Crippen LogP contribution is 2.02. The lowest BCUT2D eigenvalue weighted by Crippen LogP contribution is -2.25. The molecule has 94 valence electrons. The van der Waals surface area contributed by atoms with Gasteiger partial charge in [0.25, 0.3) is 0 Å². The number of nitrogens with one attached hydrogen (secondary N) is 1. The molecular weight excluding hydrogens is 202 g/mol. The Balaban J connectivity index is 3.19. The van der Waals surface area contributed by atoms with E-state index < -0.39 is 0 Å². The monoisotopic (exact) mass is 227 g/mol. The fourth-order valence-electron chi connectivity index (χ4n) is 1.39. The summed E-state index contributed by atoms with van der Waals surface area (Å²) >= 11 is 0. The van der Waals surface area contributed by atoms with Crippen molar-refractivity contribution in [3.63, 3.8) is 0 Å². The topological polar surface area (TPSA) is 49.3 Å². The predicted octanol–water partition coefficient (Wildman–Crippen LogP) is 2.40. The third-order valence-corrected chi connectivity index (χ3v) is 2.35. The molecule has 16 heavy (non-hydrogen) atoms. The van der Waals surface area contributed by atoms with Crippen molar-refractivity contribution >= 4 is 5.91 Å². The minimum Gasteiger partial charge on any atom is -0.395 e. The molecule has 0 bridgehead atoms. The Morgan fingerprint density at radius 2 is 1.88 bits per heavy atom. The van der Waals surface area contributed by atoms with Crippen molar-refractivity contribution in [3.8, 4) is 0 Å². The van der Waals surface area contributed by atoms with Crippen LogP contribution in [0.3, 0.4) is 0 Å². The maximum absolute atomic E-state index is 11.1. The summed E-state index contributed by atoms with van der Waals surface area (Å²) in [4.78, 5) is 11.1. The van der Waals surface area contributed by atoms with E-state index in [1.165, 1.54) is 19.3 Å². The van der Waals surface area contributed by atoms with Crippen LogP contribution in [0.5, 0.6) is 0 Å². The molecule has 0 radical (unpaired) electrons. The van der Waals surface area contributed by atoms with Crippen molar-refractivity contribution in [2.75, 3.05) is 13.2 Å². The van der Waals surface area contributed by atoms with Gasteiger partial charge in [-0.15, -0.1) is 0 Å². The molecule has 0 aromatic heterocycles. The molecule has 0 aliphatic heterocycles. The summed E-state index contributed by atoms with van der Waals surface area (Å²) in [6, 6.07) is 0.